The van der Waals surface area contributed by atoms with Crippen LogP contribution in [-0.4, -0.2) is 34.7 Å². The Balaban J connectivity index is 2.19. The third-order valence-electron chi connectivity index (χ3n) is 5.50. The van der Waals surface area contributed by atoms with Crippen LogP contribution in [0.2, 0.25) is 5.02 Å². The zero-order valence-corrected chi connectivity index (χ0v) is 18.4. The van der Waals surface area contributed by atoms with Gasteiger partial charge in [-0.05, 0) is 61.7 Å². The summed E-state index contributed by atoms with van der Waals surface area (Å²) in [4.78, 5) is -0.178. The summed E-state index contributed by atoms with van der Waals surface area (Å²) in [5.41, 5.74) is -0.407. The van der Waals surface area contributed by atoms with Crippen molar-refractivity contribution < 1.29 is 34.9 Å². The normalized spacial score (nSPS) is 24.8. The number of hydrogen-bond acceptors (Lipinski definition) is 6. The molecule has 7 nitrogen and oxygen atoms in total. The zero-order chi connectivity index (χ0) is 23.0. The average molecular weight is 496 g/mol. The minimum absolute atomic E-state index is 0.178. The molecular formula is C19H20ClF2NO6S2. The van der Waals surface area contributed by atoms with Crippen molar-refractivity contribution in [2.24, 2.45) is 11.1 Å². The molecule has 0 radical (unpaired) electrons. The Bertz CT molecular complexity index is 1170. The minimum Gasteiger partial charge on any atom is -0.396 e. The lowest BCUT2D eigenvalue weighted by molar-refractivity contribution is 0.0430. The number of nitrogens with two attached hydrogens (primary N) is 1. The van der Waals surface area contributed by atoms with Crippen molar-refractivity contribution in [2.75, 3.05) is 6.61 Å². The molecule has 1 fully saturated rings. The van der Waals surface area contributed by atoms with E-state index >= 15 is 0 Å². The van der Waals surface area contributed by atoms with E-state index in [0.717, 1.165) is 18.2 Å². The Hall–Kier alpha value is -1.63. The van der Waals surface area contributed by atoms with Gasteiger partial charge in [-0.25, -0.2) is 22.3 Å². The Morgan fingerprint density at radius 1 is 1.13 bits per heavy atom. The van der Waals surface area contributed by atoms with Gasteiger partial charge < -0.3 is 5.11 Å². The first-order chi connectivity index (χ1) is 14.4. The fourth-order valence-corrected chi connectivity index (χ4v) is 7.00. The Kier molecular flexibility index (Phi) is 6.76. The molecule has 3 rings (SSSR count). The molecule has 1 aliphatic carbocycles. The van der Waals surface area contributed by atoms with Crippen molar-refractivity contribution in [3.05, 3.63) is 64.7 Å². The van der Waals surface area contributed by atoms with Gasteiger partial charge in [-0.3, -0.25) is 4.18 Å². The molecule has 2 aromatic rings. The quantitative estimate of drug-likeness (QED) is 0.635. The first kappa shape index (κ1) is 24.0. The molecule has 2 aromatic carbocycles. The van der Waals surface area contributed by atoms with E-state index in [0.29, 0.717) is 0 Å². The third-order valence-corrected chi connectivity index (χ3v) is 8.78. The van der Waals surface area contributed by atoms with Gasteiger partial charge >= 0.3 is 10.3 Å². The van der Waals surface area contributed by atoms with Crippen LogP contribution in [0.15, 0.2) is 47.4 Å². The second-order valence-electron chi connectivity index (χ2n) is 7.39. The van der Waals surface area contributed by atoms with Gasteiger partial charge in [0, 0.05) is 23.1 Å². The van der Waals surface area contributed by atoms with Gasteiger partial charge in [0.15, 0.2) is 9.84 Å². The molecule has 31 heavy (non-hydrogen) atoms. The molecule has 1 aliphatic rings. The van der Waals surface area contributed by atoms with Crippen molar-refractivity contribution in [1.82, 2.24) is 0 Å². The highest BCUT2D eigenvalue weighted by atomic mass is 35.5. The van der Waals surface area contributed by atoms with Crippen LogP contribution in [0.25, 0.3) is 0 Å². The molecule has 3 atom stereocenters. The summed E-state index contributed by atoms with van der Waals surface area (Å²) in [6, 6.07) is 7.69. The summed E-state index contributed by atoms with van der Waals surface area (Å²) < 4.78 is 81.9. The van der Waals surface area contributed by atoms with Crippen LogP contribution < -0.4 is 5.14 Å². The van der Waals surface area contributed by atoms with Gasteiger partial charge in [-0.15, -0.1) is 0 Å². The molecule has 0 aliphatic heterocycles. The highest BCUT2D eigenvalue weighted by molar-refractivity contribution is 7.92. The highest BCUT2D eigenvalue weighted by Crippen LogP contribution is 2.50. The van der Waals surface area contributed by atoms with Crippen molar-refractivity contribution in [3.8, 4) is 0 Å². The van der Waals surface area contributed by atoms with Crippen LogP contribution in [-0.2, 0) is 29.1 Å². The van der Waals surface area contributed by atoms with Crippen molar-refractivity contribution in [1.29, 1.82) is 0 Å². The Morgan fingerprint density at radius 2 is 1.77 bits per heavy atom. The number of aliphatic hydroxyl groups is 1. The number of halogens is 3. The molecule has 170 valence electrons. The van der Waals surface area contributed by atoms with E-state index in [-0.39, 0.29) is 22.8 Å². The first-order valence-corrected chi connectivity index (χ1v) is 12.5. The maximum Gasteiger partial charge on any atom is 0.333 e. The molecule has 3 N–H and O–H groups in total. The monoisotopic (exact) mass is 495 g/mol. The predicted octanol–water partition coefficient (Wildman–Crippen LogP) is 2.67. The van der Waals surface area contributed by atoms with Crippen molar-refractivity contribution in [3.63, 3.8) is 0 Å². The van der Waals surface area contributed by atoms with Crippen LogP contribution in [0.3, 0.4) is 0 Å². The SMILES string of the molecule is NS(=O)(=O)O[C@H]1CC[C@@](c2cc(F)ccc2F)(S(=O)(=O)c2ccc(Cl)cc2)C[C@H]1CO. The van der Waals surface area contributed by atoms with E-state index in [2.05, 4.69) is 0 Å². The van der Waals surface area contributed by atoms with Gasteiger partial charge in [-0.2, -0.15) is 8.42 Å². The molecule has 0 saturated heterocycles. The summed E-state index contributed by atoms with van der Waals surface area (Å²) in [6.45, 7) is -0.658. The molecule has 0 amide bonds. The Labute approximate surface area is 184 Å². The second-order valence-corrected chi connectivity index (χ2v) is 11.3. The fourth-order valence-electron chi connectivity index (χ4n) is 4.07. The molecule has 0 spiro atoms. The van der Waals surface area contributed by atoms with E-state index < -0.39 is 67.1 Å². The minimum atomic E-state index is -4.39. The molecule has 1 saturated carbocycles. The molecule has 12 heteroatoms. The molecule has 0 unspecified atom stereocenters. The molecule has 0 bridgehead atoms. The predicted molar refractivity (Wildman–Crippen MR) is 109 cm³/mol. The summed E-state index contributed by atoms with van der Waals surface area (Å²) in [5.74, 6) is -2.82. The van der Waals surface area contributed by atoms with Crippen LogP contribution in [0.5, 0.6) is 0 Å². The van der Waals surface area contributed by atoms with Crippen molar-refractivity contribution >= 4 is 31.7 Å². The Morgan fingerprint density at radius 3 is 2.35 bits per heavy atom. The highest BCUT2D eigenvalue weighted by Gasteiger charge is 2.53. The number of sulfone groups is 1. The average Bonchev–Trinajstić information content (AvgIpc) is 2.69. The summed E-state index contributed by atoms with van der Waals surface area (Å²) >= 11 is 5.85. The maximum atomic E-state index is 14.8. The molecule has 0 aromatic heterocycles. The lowest BCUT2D eigenvalue weighted by Crippen LogP contribution is -2.48. The summed E-state index contributed by atoms with van der Waals surface area (Å²) in [7, 11) is -8.74. The first-order valence-electron chi connectivity index (χ1n) is 9.17. The van der Waals surface area contributed by atoms with Gasteiger partial charge in [-0.1, -0.05) is 11.6 Å². The van der Waals surface area contributed by atoms with Gasteiger partial charge in [0.25, 0.3) is 0 Å². The summed E-state index contributed by atoms with van der Waals surface area (Å²) in [5, 5.41) is 15.0. The smallest absolute Gasteiger partial charge is 0.333 e. The maximum absolute atomic E-state index is 14.8. The lowest BCUT2D eigenvalue weighted by atomic mass is 9.75. The second kappa shape index (κ2) is 8.72. The zero-order valence-electron chi connectivity index (χ0n) is 16.0. The number of benzene rings is 2. The molecular weight excluding hydrogens is 476 g/mol. The summed E-state index contributed by atoms with van der Waals surface area (Å²) in [6.07, 6.45) is -2.03. The fraction of sp³-hybridized carbons (Fsp3) is 0.368. The van der Waals surface area contributed by atoms with E-state index in [1.807, 2.05) is 0 Å². The van der Waals surface area contributed by atoms with Crippen LogP contribution in [0, 0.1) is 17.6 Å². The van der Waals surface area contributed by atoms with Crippen LogP contribution >= 0.6 is 11.6 Å². The lowest BCUT2D eigenvalue weighted by Gasteiger charge is -2.43. The number of hydrogen-bond donors (Lipinski definition) is 2. The van der Waals surface area contributed by atoms with E-state index in [9.17, 15) is 30.7 Å². The number of aliphatic hydroxyl groups excluding tert-OH is 1. The van der Waals surface area contributed by atoms with Gasteiger partial charge in [0.05, 0.1) is 11.0 Å². The molecule has 0 heterocycles. The largest absolute Gasteiger partial charge is 0.396 e. The standard InChI is InChI=1S/C19H20ClF2NO6S2/c20-13-1-4-15(5-2-13)30(25,26)19(16-9-14(21)3-6-17(16)22)8-7-18(12(10-19)11-24)29-31(23,27)28/h1-6,9,12,18,24H,7-8,10-11H2,(H2,23,27,28)/t12-,18-,19+/m0/s1. The third kappa shape index (κ3) is 4.76. The van der Waals surface area contributed by atoms with Crippen molar-refractivity contribution in [2.45, 2.75) is 35.0 Å². The van der Waals surface area contributed by atoms with E-state index in [1.54, 1.807) is 0 Å². The van der Waals surface area contributed by atoms with Crippen LogP contribution in [0.1, 0.15) is 24.8 Å². The number of rotatable bonds is 6. The van der Waals surface area contributed by atoms with E-state index in [1.165, 1.54) is 24.3 Å². The van der Waals surface area contributed by atoms with E-state index in [4.69, 9.17) is 20.9 Å². The van der Waals surface area contributed by atoms with Gasteiger partial charge in [0.2, 0.25) is 0 Å². The topological polar surface area (TPSA) is 124 Å². The van der Waals surface area contributed by atoms with Crippen LogP contribution in [0.4, 0.5) is 8.78 Å². The van der Waals surface area contributed by atoms with Gasteiger partial charge in [0.1, 0.15) is 16.4 Å².